The van der Waals surface area contributed by atoms with Crippen LogP contribution >= 0.6 is 0 Å². The van der Waals surface area contributed by atoms with E-state index in [4.69, 9.17) is 15.2 Å². The van der Waals surface area contributed by atoms with Gasteiger partial charge in [-0.3, -0.25) is 0 Å². The van der Waals surface area contributed by atoms with Gasteiger partial charge in [-0.1, -0.05) is 6.92 Å². The molecule has 3 N–H and O–H groups in total. The molecule has 1 rings (SSSR count). The Hall–Kier alpha value is -0.160. The highest BCUT2D eigenvalue weighted by Gasteiger charge is 2.30. The maximum atomic E-state index is 5.77. The number of hydrogen-bond acceptors (Lipinski definition) is 4. The number of nitrogens with one attached hydrogen (secondary N) is 1. The summed E-state index contributed by atoms with van der Waals surface area (Å²) in [4.78, 5) is 0. The molecule has 3 atom stereocenters. The molecule has 16 heavy (non-hydrogen) atoms. The Morgan fingerprint density at radius 3 is 2.81 bits per heavy atom. The van der Waals surface area contributed by atoms with Gasteiger partial charge in [-0.25, -0.2) is 0 Å². The summed E-state index contributed by atoms with van der Waals surface area (Å²) in [5, 5.41) is 3.51. The first-order valence-electron chi connectivity index (χ1n) is 6.17. The highest BCUT2D eigenvalue weighted by molar-refractivity contribution is 4.85. The normalized spacial score (nSPS) is 29.2. The van der Waals surface area contributed by atoms with E-state index in [0.717, 1.165) is 26.2 Å². The van der Waals surface area contributed by atoms with Crippen LogP contribution in [0.2, 0.25) is 0 Å². The van der Waals surface area contributed by atoms with E-state index < -0.39 is 0 Å². The zero-order valence-corrected chi connectivity index (χ0v) is 10.8. The molecule has 4 heteroatoms. The average Bonchev–Trinajstić information content (AvgIpc) is 2.67. The topological polar surface area (TPSA) is 56.5 Å². The summed E-state index contributed by atoms with van der Waals surface area (Å²) in [7, 11) is 1.73. The molecule has 1 saturated heterocycles. The van der Waals surface area contributed by atoms with Crippen molar-refractivity contribution in [2.45, 2.75) is 38.3 Å². The molecule has 0 aromatic rings. The third-order valence-corrected chi connectivity index (χ3v) is 3.41. The zero-order chi connectivity index (χ0) is 12.0. The molecule has 0 radical (unpaired) electrons. The van der Waals surface area contributed by atoms with Gasteiger partial charge in [0.2, 0.25) is 0 Å². The Labute approximate surface area is 98.9 Å². The molecule has 3 unspecified atom stereocenters. The average molecular weight is 230 g/mol. The predicted octanol–water partition coefficient (Wildman–Crippen LogP) is 0.755. The highest BCUT2D eigenvalue weighted by Crippen LogP contribution is 2.24. The first-order chi connectivity index (χ1) is 7.61. The van der Waals surface area contributed by atoms with Gasteiger partial charge in [-0.2, -0.15) is 0 Å². The van der Waals surface area contributed by atoms with Gasteiger partial charge >= 0.3 is 0 Å². The number of hydrogen-bond donors (Lipinski definition) is 2. The van der Waals surface area contributed by atoms with Gasteiger partial charge in [0.05, 0.1) is 12.2 Å². The summed E-state index contributed by atoms with van der Waals surface area (Å²) in [6.07, 6.45) is 2.30. The molecule has 0 amide bonds. The van der Waals surface area contributed by atoms with Crippen LogP contribution in [-0.4, -0.2) is 45.1 Å². The highest BCUT2D eigenvalue weighted by atomic mass is 16.5. The van der Waals surface area contributed by atoms with Crippen molar-refractivity contribution < 1.29 is 9.47 Å². The van der Waals surface area contributed by atoms with E-state index in [0.29, 0.717) is 18.5 Å². The lowest BCUT2D eigenvalue weighted by atomic mass is 9.99. The van der Waals surface area contributed by atoms with Crippen LogP contribution in [0.15, 0.2) is 0 Å². The van der Waals surface area contributed by atoms with Gasteiger partial charge < -0.3 is 20.5 Å². The van der Waals surface area contributed by atoms with Crippen LogP contribution in [0.4, 0.5) is 0 Å². The minimum absolute atomic E-state index is 0.000210. The fraction of sp³-hybridized carbons (Fsp3) is 1.00. The lowest BCUT2D eigenvalue weighted by Crippen LogP contribution is -2.48. The number of ether oxygens (including phenoxy) is 2. The fourth-order valence-electron chi connectivity index (χ4n) is 2.22. The molecule has 4 nitrogen and oxygen atoms in total. The van der Waals surface area contributed by atoms with Crippen molar-refractivity contribution in [1.82, 2.24) is 5.32 Å². The molecule has 0 aromatic heterocycles. The Morgan fingerprint density at radius 1 is 1.56 bits per heavy atom. The predicted molar refractivity (Wildman–Crippen MR) is 65.5 cm³/mol. The molecule has 0 saturated carbocycles. The van der Waals surface area contributed by atoms with Crippen molar-refractivity contribution in [1.29, 1.82) is 0 Å². The molecule has 0 aromatic carbocycles. The molecule has 96 valence electrons. The first-order valence-corrected chi connectivity index (χ1v) is 6.17. The van der Waals surface area contributed by atoms with Crippen LogP contribution < -0.4 is 11.1 Å². The Bertz CT molecular complexity index is 193. The van der Waals surface area contributed by atoms with Gasteiger partial charge in [0.25, 0.3) is 0 Å². The van der Waals surface area contributed by atoms with E-state index in [9.17, 15) is 0 Å². The number of rotatable bonds is 7. The fourth-order valence-corrected chi connectivity index (χ4v) is 2.22. The second-order valence-electron chi connectivity index (χ2n) is 5.06. The van der Waals surface area contributed by atoms with E-state index in [1.165, 1.54) is 6.42 Å². The summed E-state index contributed by atoms with van der Waals surface area (Å²) in [6.45, 7) is 7.47. The summed E-state index contributed by atoms with van der Waals surface area (Å²) >= 11 is 0. The quantitative estimate of drug-likeness (QED) is 0.678. The van der Waals surface area contributed by atoms with Gasteiger partial charge in [-0.05, 0) is 25.7 Å². The van der Waals surface area contributed by atoms with Crippen molar-refractivity contribution >= 4 is 0 Å². The van der Waals surface area contributed by atoms with E-state index in [1.807, 2.05) is 0 Å². The Morgan fingerprint density at radius 2 is 2.31 bits per heavy atom. The minimum atomic E-state index is 0.000210. The van der Waals surface area contributed by atoms with E-state index in [-0.39, 0.29) is 5.60 Å². The molecule has 0 bridgehead atoms. The van der Waals surface area contributed by atoms with Crippen molar-refractivity contribution in [3.05, 3.63) is 0 Å². The third kappa shape index (κ3) is 4.01. The first kappa shape index (κ1) is 13.9. The summed E-state index contributed by atoms with van der Waals surface area (Å²) in [5.41, 5.74) is 5.77. The maximum absolute atomic E-state index is 5.77. The van der Waals surface area contributed by atoms with E-state index in [1.54, 1.807) is 7.11 Å². The third-order valence-electron chi connectivity index (χ3n) is 3.41. The molecule has 0 spiro atoms. The standard InChI is InChI=1S/C12H26N2O2/c1-10(8-15-3)11(7-13)14-9-12(2)5-4-6-16-12/h10-11,14H,4-9,13H2,1-3H3. The molecule has 0 aliphatic carbocycles. The van der Waals surface area contributed by atoms with Crippen LogP contribution in [0.5, 0.6) is 0 Å². The minimum Gasteiger partial charge on any atom is -0.384 e. The van der Waals surface area contributed by atoms with Gasteiger partial charge in [0.1, 0.15) is 0 Å². The van der Waals surface area contributed by atoms with Gasteiger partial charge in [-0.15, -0.1) is 0 Å². The monoisotopic (exact) mass is 230 g/mol. The molecule has 1 aliphatic heterocycles. The van der Waals surface area contributed by atoms with Crippen molar-refractivity contribution in [2.24, 2.45) is 11.7 Å². The van der Waals surface area contributed by atoms with Crippen LogP contribution in [0.1, 0.15) is 26.7 Å². The lowest BCUT2D eigenvalue weighted by molar-refractivity contribution is 0.0161. The summed E-state index contributed by atoms with van der Waals surface area (Å²) in [5.74, 6) is 0.431. The lowest BCUT2D eigenvalue weighted by Gasteiger charge is -2.29. The zero-order valence-electron chi connectivity index (χ0n) is 10.8. The summed E-state index contributed by atoms with van der Waals surface area (Å²) < 4.78 is 10.9. The summed E-state index contributed by atoms with van der Waals surface area (Å²) in [6, 6.07) is 0.306. The smallest absolute Gasteiger partial charge is 0.0779 e. The molecule has 1 heterocycles. The molecular formula is C12H26N2O2. The van der Waals surface area contributed by atoms with E-state index in [2.05, 4.69) is 19.2 Å². The Kier molecular flexibility index (Phi) is 5.69. The molecular weight excluding hydrogens is 204 g/mol. The maximum Gasteiger partial charge on any atom is 0.0779 e. The number of methoxy groups -OCH3 is 1. The second-order valence-corrected chi connectivity index (χ2v) is 5.06. The van der Waals surface area contributed by atoms with Crippen molar-refractivity contribution in [2.75, 3.05) is 33.4 Å². The van der Waals surface area contributed by atoms with Crippen LogP contribution in [-0.2, 0) is 9.47 Å². The van der Waals surface area contributed by atoms with Crippen LogP contribution in [0, 0.1) is 5.92 Å². The molecule has 1 fully saturated rings. The van der Waals surface area contributed by atoms with Gasteiger partial charge in [0, 0.05) is 32.8 Å². The van der Waals surface area contributed by atoms with Crippen molar-refractivity contribution in [3.63, 3.8) is 0 Å². The van der Waals surface area contributed by atoms with Crippen LogP contribution in [0.25, 0.3) is 0 Å². The van der Waals surface area contributed by atoms with Crippen LogP contribution in [0.3, 0.4) is 0 Å². The van der Waals surface area contributed by atoms with E-state index >= 15 is 0 Å². The van der Waals surface area contributed by atoms with Crippen molar-refractivity contribution in [3.8, 4) is 0 Å². The second kappa shape index (κ2) is 6.55. The van der Waals surface area contributed by atoms with Gasteiger partial charge in [0.15, 0.2) is 0 Å². The largest absolute Gasteiger partial charge is 0.384 e. The SMILES string of the molecule is COCC(C)C(CN)NCC1(C)CCCO1. The number of nitrogens with two attached hydrogens (primary N) is 1. The Balaban J connectivity index is 2.32. The molecule has 1 aliphatic rings.